The highest BCUT2D eigenvalue weighted by molar-refractivity contribution is 7.88. The van der Waals surface area contributed by atoms with Crippen LogP contribution in [0.1, 0.15) is 29.0 Å². The fraction of sp³-hybridized carbons (Fsp3) is 0.310. The lowest BCUT2D eigenvalue weighted by molar-refractivity contribution is -0.131. The summed E-state index contributed by atoms with van der Waals surface area (Å²) in [5.41, 5.74) is 4.80. The monoisotopic (exact) mass is 532 g/mol. The van der Waals surface area contributed by atoms with Crippen LogP contribution in [-0.4, -0.2) is 58.3 Å². The van der Waals surface area contributed by atoms with E-state index in [2.05, 4.69) is 34.3 Å². The van der Waals surface area contributed by atoms with E-state index in [4.69, 9.17) is 10.00 Å². The van der Waals surface area contributed by atoms with Crippen molar-refractivity contribution >= 4 is 15.9 Å². The quantitative estimate of drug-likeness (QED) is 0.438. The average molecular weight is 533 g/mol. The van der Waals surface area contributed by atoms with Crippen molar-refractivity contribution in [3.05, 3.63) is 89.5 Å². The first kappa shape index (κ1) is 27.3. The second kappa shape index (κ2) is 12.2. The average Bonchev–Trinajstić information content (AvgIpc) is 2.94. The zero-order chi connectivity index (χ0) is 27.1. The van der Waals surface area contributed by atoms with Crippen molar-refractivity contribution in [2.24, 2.45) is 0 Å². The van der Waals surface area contributed by atoms with E-state index in [9.17, 15) is 13.2 Å². The van der Waals surface area contributed by atoms with Crippen LogP contribution in [0.4, 0.5) is 0 Å². The largest absolute Gasteiger partial charge is 0.496 e. The number of likely N-dealkylation sites (tertiary alicyclic amines) is 1. The fourth-order valence-electron chi connectivity index (χ4n) is 4.84. The minimum absolute atomic E-state index is 0.0415. The molecule has 9 heteroatoms. The lowest BCUT2D eigenvalue weighted by Crippen LogP contribution is -2.51. The van der Waals surface area contributed by atoms with Crippen LogP contribution < -0.4 is 14.8 Å². The predicted octanol–water partition coefficient (Wildman–Crippen LogP) is 3.26. The number of nitriles is 1. The normalized spacial score (nSPS) is 17.6. The Labute approximate surface area is 224 Å². The number of methoxy groups -OCH3 is 1. The molecule has 3 aromatic carbocycles. The molecule has 0 aromatic heterocycles. The Balaban J connectivity index is 1.51. The highest BCUT2D eigenvalue weighted by Crippen LogP contribution is 2.30. The first-order valence-electron chi connectivity index (χ1n) is 12.5. The van der Waals surface area contributed by atoms with Crippen LogP contribution >= 0.6 is 0 Å². The Morgan fingerprint density at radius 3 is 2.45 bits per heavy atom. The second-order valence-corrected chi connectivity index (χ2v) is 11.3. The third-order valence-corrected chi connectivity index (χ3v) is 7.53. The Morgan fingerprint density at radius 2 is 1.79 bits per heavy atom. The molecule has 0 bridgehead atoms. The molecule has 0 spiro atoms. The van der Waals surface area contributed by atoms with Gasteiger partial charge in [-0.3, -0.25) is 4.79 Å². The van der Waals surface area contributed by atoms with Crippen LogP contribution in [0.15, 0.2) is 72.8 Å². The van der Waals surface area contributed by atoms with Crippen molar-refractivity contribution in [1.29, 1.82) is 5.26 Å². The van der Waals surface area contributed by atoms with Crippen molar-refractivity contribution in [1.82, 2.24) is 14.9 Å². The molecule has 198 valence electrons. The molecular weight excluding hydrogens is 500 g/mol. The molecule has 8 nitrogen and oxygen atoms in total. The maximum atomic E-state index is 12.7. The summed E-state index contributed by atoms with van der Waals surface area (Å²) in [6.45, 7) is 1.37. The molecule has 3 aromatic rings. The number of benzene rings is 3. The fourth-order valence-corrected chi connectivity index (χ4v) is 5.23. The van der Waals surface area contributed by atoms with Gasteiger partial charge in [0.15, 0.2) is 0 Å². The molecule has 1 aliphatic heterocycles. The first-order chi connectivity index (χ1) is 18.3. The number of hydrogen-bond donors (Lipinski definition) is 2. The molecule has 1 fully saturated rings. The smallest absolute Gasteiger partial charge is 0.237 e. The van der Waals surface area contributed by atoms with Gasteiger partial charge in [0, 0.05) is 37.2 Å². The van der Waals surface area contributed by atoms with Gasteiger partial charge in [0.05, 0.1) is 31.5 Å². The van der Waals surface area contributed by atoms with Gasteiger partial charge in [0.2, 0.25) is 15.9 Å². The van der Waals surface area contributed by atoms with E-state index in [1.807, 2.05) is 54.6 Å². The highest BCUT2D eigenvalue weighted by atomic mass is 32.2. The Kier molecular flexibility index (Phi) is 8.79. The number of nitrogens with one attached hydrogen (secondary N) is 2. The lowest BCUT2D eigenvalue weighted by atomic mass is 9.85. The van der Waals surface area contributed by atoms with Gasteiger partial charge in [-0.1, -0.05) is 48.5 Å². The Bertz CT molecular complexity index is 1400. The number of piperidine rings is 1. The van der Waals surface area contributed by atoms with E-state index in [1.54, 1.807) is 12.0 Å². The number of rotatable bonds is 9. The summed E-state index contributed by atoms with van der Waals surface area (Å²) in [5, 5.41) is 12.8. The highest BCUT2D eigenvalue weighted by Gasteiger charge is 2.32. The standard InChI is InChI=1S/C29H32N4O4S/c1-37-28-13-12-24(22-10-8-21(17-30)9-11-22)16-25(28)18-31-27-14-15-33(29(34)19-32-38(2,35)36)20-26(27)23-6-4-3-5-7-23/h3-13,16,26-27,31-32H,14-15,18-20H2,1-2H3. The third kappa shape index (κ3) is 6.98. The van der Waals surface area contributed by atoms with Crippen LogP contribution in [0.25, 0.3) is 11.1 Å². The van der Waals surface area contributed by atoms with E-state index < -0.39 is 10.0 Å². The maximum absolute atomic E-state index is 12.7. The Hall–Kier alpha value is -3.71. The lowest BCUT2D eigenvalue weighted by Gasteiger charge is -2.39. The number of ether oxygens (including phenoxy) is 1. The minimum Gasteiger partial charge on any atom is -0.496 e. The van der Waals surface area contributed by atoms with Gasteiger partial charge >= 0.3 is 0 Å². The molecule has 4 rings (SSSR count). The Morgan fingerprint density at radius 1 is 1.08 bits per heavy atom. The summed E-state index contributed by atoms with van der Waals surface area (Å²) >= 11 is 0. The van der Waals surface area contributed by atoms with Crippen LogP contribution in [0.2, 0.25) is 0 Å². The van der Waals surface area contributed by atoms with E-state index in [0.717, 1.165) is 40.7 Å². The number of hydrogen-bond acceptors (Lipinski definition) is 6. The van der Waals surface area contributed by atoms with Crippen LogP contribution in [0, 0.1) is 11.3 Å². The summed E-state index contributed by atoms with van der Waals surface area (Å²) in [5.74, 6) is 0.594. The van der Waals surface area contributed by atoms with E-state index in [0.29, 0.717) is 25.2 Å². The molecule has 0 aliphatic carbocycles. The van der Waals surface area contributed by atoms with Crippen LogP contribution in [0.3, 0.4) is 0 Å². The topological polar surface area (TPSA) is 112 Å². The van der Waals surface area contributed by atoms with Gasteiger partial charge in [0.25, 0.3) is 0 Å². The van der Waals surface area contributed by atoms with Gasteiger partial charge in [-0.15, -0.1) is 0 Å². The van der Waals surface area contributed by atoms with Crippen LogP contribution in [-0.2, 0) is 21.4 Å². The van der Waals surface area contributed by atoms with Gasteiger partial charge in [-0.25, -0.2) is 13.1 Å². The van der Waals surface area contributed by atoms with Crippen molar-refractivity contribution in [3.63, 3.8) is 0 Å². The van der Waals surface area contributed by atoms with Crippen molar-refractivity contribution in [3.8, 4) is 22.9 Å². The third-order valence-electron chi connectivity index (χ3n) is 6.86. The molecule has 1 amide bonds. The summed E-state index contributed by atoms with van der Waals surface area (Å²) in [7, 11) is -1.79. The molecule has 1 aliphatic rings. The number of amides is 1. The predicted molar refractivity (Wildman–Crippen MR) is 147 cm³/mol. The van der Waals surface area contributed by atoms with E-state index in [1.165, 1.54) is 0 Å². The van der Waals surface area contributed by atoms with Crippen molar-refractivity contribution in [2.45, 2.75) is 24.9 Å². The second-order valence-electron chi connectivity index (χ2n) is 9.44. The molecule has 1 heterocycles. The number of carbonyl (C=O) groups is 1. The molecule has 2 N–H and O–H groups in total. The molecule has 38 heavy (non-hydrogen) atoms. The van der Waals surface area contributed by atoms with Gasteiger partial charge < -0.3 is 15.0 Å². The summed E-state index contributed by atoms with van der Waals surface area (Å²) in [4.78, 5) is 14.5. The SMILES string of the molecule is COc1ccc(-c2ccc(C#N)cc2)cc1CNC1CCN(C(=O)CNS(C)(=O)=O)CC1c1ccccc1. The van der Waals surface area contributed by atoms with Crippen molar-refractivity contribution < 1.29 is 17.9 Å². The zero-order valence-corrected chi connectivity index (χ0v) is 22.4. The molecule has 2 atom stereocenters. The van der Waals surface area contributed by atoms with Gasteiger partial charge in [-0.05, 0) is 47.4 Å². The van der Waals surface area contributed by atoms with E-state index >= 15 is 0 Å². The summed E-state index contributed by atoms with van der Waals surface area (Å²) in [6, 6.07) is 25.9. The zero-order valence-electron chi connectivity index (χ0n) is 21.6. The molecule has 0 saturated carbocycles. The van der Waals surface area contributed by atoms with Crippen LogP contribution in [0.5, 0.6) is 5.75 Å². The molecule has 1 saturated heterocycles. The molecule has 0 radical (unpaired) electrons. The summed E-state index contributed by atoms with van der Waals surface area (Å²) < 4.78 is 30.9. The van der Waals surface area contributed by atoms with E-state index in [-0.39, 0.29) is 24.4 Å². The maximum Gasteiger partial charge on any atom is 0.237 e. The van der Waals surface area contributed by atoms with Gasteiger partial charge in [0.1, 0.15) is 5.75 Å². The molecular formula is C29H32N4O4S. The van der Waals surface area contributed by atoms with Gasteiger partial charge in [-0.2, -0.15) is 5.26 Å². The molecule has 2 unspecified atom stereocenters. The van der Waals surface area contributed by atoms with Crippen molar-refractivity contribution in [2.75, 3.05) is 33.0 Å². The summed E-state index contributed by atoms with van der Waals surface area (Å²) in [6.07, 6.45) is 1.77. The number of nitrogens with zero attached hydrogens (tertiary/aromatic N) is 2. The minimum atomic E-state index is -3.44. The number of carbonyl (C=O) groups excluding carboxylic acids is 1. The first-order valence-corrected chi connectivity index (χ1v) is 14.3. The number of sulfonamides is 1.